The van der Waals surface area contributed by atoms with Gasteiger partial charge in [0.2, 0.25) is 5.91 Å². The van der Waals surface area contributed by atoms with Crippen molar-refractivity contribution in [2.75, 3.05) is 5.32 Å². The topological polar surface area (TPSA) is 64.1 Å². The Morgan fingerprint density at radius 3 is 2.88 bits per heavy atom. The van der Waals surface area contributed by atoms with Crippen LogP contribution in [0.4, 0.5) is 10.1 Å². The number of aryl methyl sites for hydroxylation is 1. The summed E-state index contributed by atoms with van der Waals surface area (Å²) >= 11 is 0. The van der Waals surface area contributed by atoms with E-state index in [-0.39, 0.29) is 11.7 Å². The molecule has 3 heterocycles. The van der Waals surface area contributed by atoms with Crippen LogP contribution in [0.15, 0.2) is 55.0 Å². The van der Waals surface area contributed by atoms with Crippen molar-refractivity contribution in [1.82, 2.24) is 9.97 Å². The lowest BCUT2D eigenvalue weighted by atomic mass is 10.0. The quantitative estimate of drug-likeness (QED) is 0.779. The second kappa shape index (κ2) is 6.92. The maximum absolute atomic E-state index is 12.9. The number of rotatable bonds is 4. The Labute approximate surface area is 149 Å². The predicted molar refractivity (Wildman–Crippen MR) is 95.2 cm³/mol. The molecule has 0 radical (unpaired) electrons. The SMILES string of the molecule is O=C(CCc1ccc(F)cc1)Nc1cnc2c(c1)COc1cnccc1-2. The number of carbonyl (C=O) groups is 1. The van der Waals surface area contributed by atoms with E-state index in [0.29, 0.717) is 30.9 Å². The van der Waals surface area contributed by atoms with Crippen LogP contribution in [0.25, 0.3) is 11.3 Å². The van der Waals surface area contributed by atoms with Crippen LogP contribution >= 0.6 is 0 Å². The van der Waals surface area contributed by atoms with Crippen LogP contribution < -0.4 is 10.1 Å². The molecule has 5 nitrogen and oxygen atoms in total. The zero-order valence-electron chi connectivity index (χ0n) is 13.9. The summed E-state index contributed by atoms with van der Waals surface area (Å²) in [6, 6.07) is 9.91. The molecule has 3 aromatic rings. The van der Waals surface area contributed by atoms with Crippen molar-refractivity contribution in [3.8, 4) is 17.0 Å². The molecule has 2 aromatic heterocycles. The van der Waals surface area contributed by atoms with E-state index >= 15 is 0 Å². The minimum Gasteiger partial charge on any atom is -0.486 e. The maximum Gasteiger partial charge on any atom is 0.224 e. The number of hydrogen-bond donors (Lipinski definition) is 1. The average Bonchev–Trinajstić information content (AvgIpc) is 2.67. The van der Waals surface area contributed by atoms with E-state index in [0.717, 1.165) is 22.4 Å². The Hall–Kier alpha value is -3.28. The number of halogens is 1. The summed E-state index contributed by atoms with van der Waals surface area (Å²) in [7, 11) is 0. The van der Waals surface area contributed by atoms with Gasteiger partial charge < -0.3 is 10.1 Å². The highest BCUT2D eigenvalue weighted by molar-refractivity contribution is 5.91. The maximum atomic E-state index is 12.9. The number of pyridine rings is 2. The van der Waals surface area contributed by atoms with E-state index in [1.54, 1.807) is 30.7 Å². The average molecular weight is 349 g/mol. The minimum absolute atomic E-state index is 0.114. The Bertz CT molecular complexity index is 958. The molecule has 1 N–H and O–H groups in total. The summed E-state index contributed by atoms with van der Waals surface area (Å²) in [6.07, 6.45) is 5.88. The van der Waals surface area contributed by atoms with Crippen molar-refractivity contribution in [3.63, 3.8) is 0 Å². The fourth-order valence-corrected chi connectivity index (χ4v) is 2.91. The van der Waals surface area contributed by atoms with Gasteiger partial charge in [0.15, 0.2) is 0 Å². The molecule has 0 unspecified atom stereocenters. The minimum atomic E-state index is -0.280. The smallest absolute Gasteiger partial charge is 0.224 e. The molecule has 0 atom stereocenters. The Morgan fingerprint density at radius 2 is 2.04 bits per heavy atom. The van der Waals surface area contributed by atoms with Gasteiger partial charge in [-0.15, -0.1) is 0 Å². The number of aromatic nitrogens is 2. The summed E-state index contributed by atoms with van der Waals surface area (Å²) in [6.45, 7) is 0.389. The van der Waals surface area contributed by atoms with Gasteiger partial charge in [-0.3, -0.25) is 14.8 Å². The van der Waals surface area contributed by atoms with Gasteiger partial charge in [0, 0.05) is 23.7 Å². The second-order valence-corrected chi connectivity index (χ2v) is 6.07. The predicted octanol–water partition coefficient (Wildman–Crippen LogP) is 3.75. The van der Waals surface area contributed by atoms with E-state index in [1.807, 2.05) is 12.1 Å². The lowest BCUT2D eigenvalue weighted by molar-refractivity contribution is -0.116. The third-order valence-corrected chi connectivity index (χ3v) is 4.23. The highest BCUT2D eigenvalue weighted by atomic mass is 19.1. The van der Waals surface area contributed by atoms with E-state index in [9.17, 15) is 9.18 Å². The molecule has 1 aliphatic rings. The van der Waals surface area contributed by atoms with Crippen molar-refractivity contribution in [1.29, 1.82) is 0 Å². The largest absolute Gasteiger partial charge is 0.486 e. The van der Waals surface area contributed by atoms with Gasteiger partial charge in [0.05, 0.1) is 23.8 Å². The third-order valence-electron chi connectivity index (χ3n) is 4.23. The molecule has 0 saturated carbocycles. The number of anilines is 1. The van der Waals surface area contributed by atoms with Crippen molar-refractivity contribution in [2.24, 2.45) is 0 Å². The number of fused-ring (bicyclic) bond motifs is 3. The van der Waals surface area contributed by atoms with E-state index in [2.05, 4.69) is 15.3 Å². The Balaban J connectivity index is 1.43. The van der Waals surface area contributed by atoms with Crippen LogP contribution in [0, 0.1) is 5.82 Å². The summed E-state index contributed by atoms with van der Waals surface area (Å²) in [5.74, 6) is 0.318. The first-order valence-electron chi connectivity index (χ1n) is 8.29. The molecule has 1 amide bonds. The molecular formula is C20H16FN3O2. The summed E-state index contributed by atoms with van der Waals surface area (Å²) < 4.78 is 18.6. The molecule has 0 aliphatic carbocycles. The molecule has 0 bridgehead atoms. The van der Waals surface area contributed by atoms with Crippen molar-refractivity contribution < 1.29 is 13.9 Å². The first kappa shape index (κ1) is 16.2. The Morgan fingerprint density at radius 1 is 1.19 bits per heavy atom. The summed E-state index contributed by atoms with van der Waals surface area (Å²) in [5.41, 5.74) is 4.21. The van der Waals surface area contributed by atoms with Crippen LogP contribution in [0.2, 0.25) is 0 Å². The number of carbonyl (C=O) groups excluding carboxylic acids is 1. The van der Waals surface area contributed by atoms with Crippen LogP contribution in [0.5, 0.6) is 5.75 Å². The van der Waals surface area contributed by atoms with Gasteiger partial charge in [-0.1, -0.05) is 12.1 Å². The van der Waals surface area contributed by atoms with E-state index in [4.69, 9.17) is 4.74 Å². The van der Waals surface area contributed by atoms with Crippen LogP contribution in [-0.4, -0.2) is 15.9 Å². The second-order valence-electron chi connectivity index (χ2n) is 6.07. The first-order chi connectivity index (χ1) is 12.7. The fraction of sp³-hybridized carbons (Fsp3) is 0.150. The van der Waals surface area contributed by atoms with E-state index < -0.39 is 0 Å². The number of ether oxygens (including phenoxy) is 1. The fourth-order valence-electron chi connectivity index (χ4n) is 2.91. The number of nitrogens with zero attached hydrogens (tertiary/aromatic N) is 2. The van der Waals surface area contributed by atoms with Gasteiger partial charge in [-0.05, 0) is 36.2 Å². The standard InChI is InChI=1S/C20H16FN3O2/c21-15-4-1-13(2-5-15)3-6-19(25)24-16-9-14-12-26-18-11-22-8-7-17(18)20(14)23-10-16/h1-2,4-5,7-11H,3,6,12H2,(H,24,25). The first-order valence-corrected chi connectivity index (χ1v) is 8.29. The summed E-state index contributed by atoms with van der Waals surface area (Å²) in [5, 5.41) is 2.85. The van der Waals surface area contributed by atoms with Crippen molar-refractivity contribution in [3.05, 3.63) is 71.9 Å². The Kier molecular flexibility index (Phi) is 4.31. The zero-order chi connectivity index (χ0) is 17.9. The molecule has 26 heavy (non-hydrogen) atoms. The molecule has 4 rings (SSSR count). The molecular weight excluding hydrogens is 333 g/mol. The molecule has 0 saturated heterocycles. The molecule has 1 aliphatic heterocycles. The normalized spacial score (nSPS) is 11.9. The monoisotopic (exact) mass is 349 g/mol. The third kappa shape index (κ3) is 3.39. The lowest BCUT2D eigenvalue weighted by Gasteiger charge is -2.20. The van der Waals surface area contributed by atoms with Crippen LogP contribution in [0.3, 0.4) is 0 Å². The molecule has 0 spiro atoms. The number of amides is 1. The van der Waals surface area contributed by atoms with Gasteiger partial charge in [0.1, 0.15) is 18.2 Å². The number of benzene rings is 1. The number of hydrogen-bond acceptors (Lipinski definition) is 4. The highest BCUT2D eigenvalue weighted by Gasteiger charge is 2.19. The highest BCUT2D eigenvalue weighted by Crippen LogP contribution is 2.35. The summed E-state index contributed by atoms with van der Waals surface area (Å²) in [4.78, 5) is 20.7. The van der Waals surface area contributed by atoms with Gasteiger partial charge >= 0.3 is 0 Å². The molecule has 6 heteroatoms. The zero-order valence-corrected chi connectivity index (χ0v) is 13.9. The molecule has 1 aromatic carbocycles. The van der Waals surface area contributed by atoms with Crippen LogP contribution in [-0.2, 0) is 17.8 Å². The van der Waals surface area contributed by atoms with Crippen molar-refractivity contribution in [2.45, 2.75) is 19.4 Å². The number of nitrogens with one attached hydrogen (secondary N) is 1. The lowest BCUT2D eigenvalue weighted by Crippen LogP contribution is -2.14. The van der Waals surface area contributed by atoms with E-state index in [1.165, 1.54) is 12.1 Å². The van der Waals surface area contributed by atoms with Gasteiger partial charge in [-0.25, -0.2) is 4.39 Å². The van der Waals surface area contributed by atoms with Crippen LogP contribution in [0.1, 0.15) is 17.5 Å². The molecule has 130 valence electrons. The van der Waals surface area contributed by atoms with Gasteiger partial charge in [0.25, 0.3) is 0 Å². The van der Waals surface area contributed by atoms with Crippen molar-refractivity contribution >= 4 is 11.6 Å². The van der Waals surface area contributed by atoms with Gasteiger partial charge in [-0.2, -0.15) is 0 Å². The molecule has 0 fully saturated rings.